The molecule has 0 bridgehead atoms. The topological polar surface area (TPSA) is 26.3 Å². The molecule has 190 valence electrons. The standard InChI is InChI=1S/C28H31F5O2/c1-2-3-4-5-6-19-7-9-20(10-8-19)21-11-13-23(14-12-21)35-27(34)22-17-25(29)24(26(30)18-22)15-16-28(31,32)33/h11-20H,2-10H2,1H3/b16-15+. The van der Waals surface area contributed by atoms with Crippen LogP contribution in [0.15, 0.2) is 42.5 Å². The summed E-state index contributed by atoms with van der Waals surface area (Å²) in [6.45, 7) is 2.22. The summed E-state index contributed by atoms with van der Waals surface area (Å²) in [6, 6.07) is 8.43. The molecule has 1 aliphatic rings. The van der Waals surface area contributed by atoms with Crippen LogP contribution in [-0.2, 0) is 0 Å². The van der Waals surface area contributed by atoms with Crippen molar-refractivity contribution in [1.29, 1.82) is 0 Å². The molecule has 1 saturated carbocycles. The monoisotopic (exact) mass is 494 g/mol. The van der Waals surface area contributed by atoms with Crippen LogP contribution in [0.25, 0.3) is 6.08 Å². The Bertz CT molecular complexity index is 980. The summed E-state index contributed by atoms with van der Waals surface area (Å²) in [4.78, 5) is 12.3. The second kappa shape index (κ2) is 12.3. The number of alkyl halides is 3. The number of allylic oxidation sites excluding steroid dienone is 1. The van der Waals surface area contributed by atoms with Crippen molar-refractivity contribution in [2.24, 2.45) is 5.92 Å². The fourth-order valence-electron chi connectivity index (χ4n) is 4.66. The maximum absolute atomic E-state index is 14.1. The van der Waals surface area contributed by atoms with Gasteiger partial charge in [-0.15, -0.1) is 0 Å². The van der Waals surface area contributed by atoms with E-state index in [9.17, 15) is 26.7 Å². The molecule has 2 nitrogen and oxygen atoms in total. The minimum atomic E-state index is -4.71. The number of benzene rings is 2. The molecule has 1 aliphatic carbocycles. The van der Waals surface area contributed by atoms with Crippen molar-refractivity contribution in [2.75, 3.05) is 0 Å². The number of unbranched alkanes of at least 4 members (excludes halogenated alkanes) is 3. The molecule has 0 atom stereocenters. The fraction of sp³-hybridized carbons (Fsp3) is 0.464. The lowest BCUT2D eigenvalue weighted by Gasteiger charge is -2.29. The molecule has 0 spiro atoms. The molecule has 2 aromatic carbocycles. The van der Waals surface area contributed by atoms with Crippen LogP contribution in [0.4, 0.5) is 22.0 Å². The summed E-state index contributed by atoms with van der Waals surface area (Å²) in [7, 11) is 0. The van der Waals surface area contributed by atoms with Gasteiger partial charge in [0.25, 0.3) is 0 Å². The zero-order valence-electron chi connectivity index (χ0n) is 19.8. The van der Waals surface area contributed by atoms with E-state index in [0.717, 1.165) is 18.8 Å². The highest BCUT2D eigenvalue weighted by Crippen LogP contribution is 2.38. The van der Waals surface area contributed by atoms with Crippen molar-refractivity contribution in [3.8, 4) is 5.75 Å². The number of hydrogen-bond donors (Lipinski definition) is 0. The van der Waals surface area contributed by atoms with E-state index in [1.807, 2.05) is 12.1 Å². The molecule has 2 aromatic rings. The number of rotatable bonds is 9. The minimum absolute atomic E-state index is 0.227. The van der Waals surface area contributed by atoms with Crippen molar-refractivity contribution in [3.05, 3.63) is 70.8 Å². The van der Waals surface area contributed by atoms with Gasteiger partial charge in [0, 0.05) is 11.6 Å². The summed E-state index contributed by atoms with van der Waals surface area (Å²) < 4.78 is 70.3. The van der Waals surface area contributed by atoms with Gasteiger partial charge in [-0.25, -0.2) is 13.6 Å². The van der Waals surface area contributed by atoms with Gasteiger partial charge in [0.05, 0.1) is 5.56 Å². The second-order valence-electron chi connectivity index (χ2n) is 9.25. The quantitative estimate of drug-likeness (QED) is 0.150. The van der Waals surface area contributed by atoms with Crippen LogP contribution in [0.5, 0.6) is 5.75 Å². The Kier molecular flexibility index (Phi) is 9.47. The third-order valence-corrected chi connectivity index (χ3v) is 6.63. The smallest absolute Gasteiger partial charge is 0.409 e. The Morgan fingerprint density at radius 1 is 0.971 bits per heavy atom. The van der Waals surface area contributed by atoms with Crippen LogP contribution in [0.1, 0.15) is 92.1 Å². The van der Waals surface area contributed by atoms with Gasteiger partial charge in [-0.1, -0.05) is 51.2 Å². The Morgan fingerprint density at radius 2 is 1.60 bits per heavy atom. The SMILES string of the molecule is CCCCCCC1CCC(c2ccc(OC(=O)c3cc(F)c(/C=C/C(F)(F)F)c(F)c3)cc2)CC1. The number of carbonyl (C=O) groups excluding carboxylic acids is 1. The largest absolute Gasteiger partial charge is 0.423 e. The van der Waals surface area contributed by atoms with Crippen LogP contribution in [-0.4, -0.2) is 12.1 Å². The van der Waals surface area contributed by atoms with Crippen molar-refractivity contribution in [3.63, 3.8) is 0 Å². The molecule has 35 heavy (non-hydrogen) atoms. The second-order valence-corrected chi connectivity index (χ2v) is 9.25. The number of hydrogen-bond acceptors (Lipinski definition) is 2. The summed E-state index contributed by atoms with van der Waals surface area (Å²) in [5, 5.41) is 0. The van der Waals surface area contributed by atoms with Gasteiger partial charge in [0.2, 0.25) is 0 Å². The number of carbonyl (C=O) groups is 1. The lowest BCUT2D eigenvalue weighted by molar-refractivity contribution is -0.0790. The third-order valence-electron chi connectivity index (χ3n) is 6.63. The first-order chi connectivity index (χ1) is 16.7. The molecule has 3 rings (SSSR count). The van der Waals surface area contributed by atoms with Crippen LogP contribution in [0.3, 0.4) is 0 Å². The van der Waals surface area contributed by atoms with Gasteiger partial charge >= 0.3 is 12.1 Å². The first-order valence-corrected chi connectivity index (χ1v) is 12.2. The maximum Gasteiger partial charge on any atom is 0.409 e. The molecule has 0 amide bonds. The molecule has 1 fully saturated rings. The molecule has 0 N–H and O–H groups in total. The van der Waals surface area contributed by atoms with Gasteiger partial charge in [0.1, 0.15) is 17.4 Å². The van der Waals surface area contributed by atoms with E-state index in [0.29, 0.717) is 24.1 Å². The Balaban J connectivity index is 1.55. The van der Waals surface area contributed by atoms with Gasteiger partial charge in [-0.3, -0.25) is 0 Å². The van der Waals surface area contributed by atoms with Crippen molar-refractivity contribution < 1.29 is 31.5 Å². The van der Waals surface area contributed by atoms with Crippen LogP contribution in [0, 0.1) is 17.6 Å². The van der Waals surface area contributed by atoms with Crippen LogP contribution >= 0.6 is 0 Å². The molecule has 0 radical (unpaired) electrons. The minimum Gasteiger partial charge on any atom is -0.423 e. The summed E-state index contributed by atoms with van der Waals surface area (Å²) in [5.74, 6) is -2.06. The molecule has 0 aliphatic heterocycles. The van der Waals surface area contributed by atoms with E-state index in [1.165, 1.54) is 50.5 Å². The van der Waals surface area contributed by atoms with Crippen LogP contribution < -0.4 is 4.74 Å². The highest BCUT2D eigenvalue weighted by Gasteiger charge is 2.24. The average molecular weight is 495 g/mol. The lowest BCUT2D eigenvalue weighted by Crippen LogP contribution is -2.13. The molecule has 0 heterocycles. The van der Waals surface area contributed by atoms with Gasteiger partial charge in [-0.05, 0) is 73.4 Å². The number of esters is 1. The molecular weight excluding hydrogens is 463 g/mol. The van der Waals surface area contributed by atoms with Crippen molar-refractivity contribution >= 4 is 12.0 Å². The lowest BCUT2D eigenvalue weighted by atomic mass is 9.77. The van der Waals surface area contributed by atoms with Gasteiger partial charge in [0.15, 0.2) is 0 Å². The first kappa shape index (κ1) is 26.9. The van der Waals surface area contributed by atoms with Gasteiger partial charge in [-0.2, -0.15) is 13.2 Å². The first-order valence-electron chi connectivity index (χ1n) is 12.2. The van der Waals surface area contributed by atoms with Crippen molar-refractivity contribution in [1.82, 2.24) is 0 Å². The maximum atomic E-state index is 14.1. The predicted octanol–water partition coefficient (Wildman–Crippen LogP) is 9.00. The summed E-state index contributed by atoms with van der Waals surface area (Å²) >= 11 is 0. The van der Waals surface area contributed by atoms with E-state index < -0.39 is 34.9 Å². The molecular formula is C28H31F5O2. The Hall–Kier alpha value is -2.70. The zero-order valence-corrected chi connectivity index (χ0v) is 19.8. The summed E-state index contributed by atoms with van der Waals surface area (Å²) in [6.07, 6.45) is 6.50. The van der Waals surface area contributed by atoms with Crippen LogP contribution in [0.2, 0.25) is 0 Å². The predicted molar refractivity (Wildman–Crippen MR) is 126 cm³/mol. The highest BCUT2D eigenvalue weighted by molar-refractivity contribution is 5.91. The highest BCUT2D eigenvalue weighted by atomic mass is 19.4. The normalized spacial score (nSPS) is 18.7. The zero-order chi connectivity index (χ0) is 25.4. The molecule has 0 unspecified atom stereocenters. The van der Waals surface area contributed by atoms with E-state index >= 15 is 0 Å². The fourth-order valence-corrected chi connectivity index (χ4v) is 4.66. The number of ether oxygens (including phenoxy) is 1. The summed E-state index contributed by atoms with van der Waals surface area (Å²) in [5.41, 5.74) is -0.128. The molecule has 0 aromatic heterocycles. The number of halogens is 5. The van der Waals surface area contributed by atoms with E-state index in [1.54, 1.807) is 12.1 Å². The molecule has 0 saturated heterocycles. The van der Waals surface area contributed by atoms with Crippen molar-refractivity contribution in [2.45, 2.75) is 76.8 Å². The Labute approximate surface area is 203 Å². The third kappa shape index (κ3) is 8.18. The van der Waals surface area contributed by atoms with Gasteiger partial charge < -0.3 is 4.74 Å². The van der Waals surface area contributed by atoms with E-state index in [-0.39, 0.29) is 11.8 Å². The average Bonchev–Trinajstić information content (AvgIpc) is 2.81. The molecule has 7 heteroatoms. The Morgan fingerprint density at radius 3 is 2.17 bits per heavy atom. The van der Waals surface area contributed by atoms with E-state index in [4.69, 9.17) is 4.74 Å². The van der Waals surface area contributed by atoms with E-state index in [2.05, 4.69) is 6.92 Å².